The summed E-state index contributed by atoms with van der Waals surface area (Å²) in [6.07, 6.45) is 3.23. The summed E-state index contributed by atoms with van der Waals surface area (Å²) >= 11 is 1.67. The number of fused-ring (bicyclic) bond motifs is 1. The van der Waals surface area contributed by atoms with E-state index in [0.717, 1.165) is 47.6 Å². The number of nitrogens with zero attached hydrogens (tertiary/aromatic N) is 2. The zero-order chi connectivity index (χ0) is 15.8. The maximum Gasteiger partial charge on any atom is 0.254 e. The lowest BCUT2D eigenvalue weighted by Gasteiger charge is -2.34. The van der Waals surface area contributed by atoms with Crippen molar-refractivity contribution < 1.29 is 9.53 Å². The number of hydrogen-bond donors (Lipinski definition) is 0. The molecule has 0 spiro atoms. The summed E-state index contributed by atoms with van der Waals surface area (Å²) in [6, 6.07) is 6.10. The molecule has 0 aliphatic carbocycles. The number of rotatable bonds is 2. The van der Waals surface area contributed by atoms with Crippen LogP contribution in [0.3, 0.4) is 0 Å². The molecule has 0 unspecified atom stereocenters. The van der Waals surface area contributed by atoms with Crippen LogP contribution in [0.4, 0.5) is 0 Å². The first-order valence-electron chi connectivity index (χ1n) is 8.15. The van der Waals surface area contributed by atoms with Gasteiger partial charge in [-0.25, -0.2) is 4.98 Å². The van der Waals surface area contributed by atoms with Crippen molar-refractivity contribution in [3.63, 3.8) is 0 Å². The fourth-order valence-electron chi connectivity index (χ4n) is 3.43. The Morgan fingerprint density at radius 3 is 3.00 bits per heavy atom. The van der Waals surface area contributed by atoms with Gasteiger partial charge in [0.05, 0.1) is 19.3 Å². The van der Waals surface area contributed by atoms with Gasteiger partial charge in [0.1, 0.15) is 5.01 Å². The lowest BCUT2D eigenvalue weighted by Crippen LogP contribution is -2.38. The highest BCUT2D eigenvalue weighted by atomic mass is 32.1. The van der Waals surface area contributed by atoms with E-state index in [-0.39, 0.29) is 11.9 Å². The normalized spacial score (nSPS) is 20.6. The summed E-state index contributed by atoms with van der Waals surface area (Å²) in [4.78, 5) is 19.7. The van der Waals surface area contributed by atoms with Gasteiger partial charge >= 0.3 is 0 Å². The molecule has 2 aliphatic rings. The largest absolute Gasteiger partial charge is 0.372 e. The second-order valence-electron chi connectivity index (χ2n) is 6.31. The molecular weight excluding hydrogens is 308 g/mol. The summed E-state index contributed by atoms with van der Waals surface area (Å²) in [7, 11) is 0. The molecule has 4 rings (SSSR count). The molecular formula is C18H20N2O2S. The van der Waals surface area contributed by atoms with Crippen LogP contribution in [-0.4, -0.2) is 22.3 Å². The minimum Gasteiger partial charge on any atom is -0.372 e. The number of benzene rings is 1. The number of amides is 1. The second kappa shape index (κ2) is 6.06. The van der Waals surface area contributed by atoms with Gasteiger partial charge in [0.25, 0.3) is 5.91 Å². The van der Waals surface area contributed by atoms with E-state index in [0.29, 0.717) is 13.2 Å². The molecule has 1 atom stereocenters. The maximum absolute atomic E-state index is 13.1. The van der Waals surface area contributed by atoms with E-state index in [1.165, 1.54) is 5.56 Å². The van der Waals surface area contributed by atoms with Crippen molar-refractivity contribution in [1.29, 1.82) is 0 Å². The molecule has 23 heavy (non-hydrogen) atoms. The fraction of sp³-hybridized carbons (Fsp3) is 0.444. The Bertz CT molecular complexity index is 740. The van der Waals surface area contributed by atoms with Gasteiger partial charge in [0.15, 0.2) is 0 Å². The van der Waals surface area contributed by atoms with Crippen LogP contribution < -0.4 is 0 Å². The van der Waals surface area contributed by atoms with Crippen molar-refractivity contribution in [3.8, 4) is 0 Å². The van der Waals surface area contributed by atoms with Gasteiger partial charge in [0.2, 0.25) is 0 Å². The van der Waals surface area contributed by atoms with Crippen LogP contribution in [0.5, 0.6) is 0 Å². The second-order valence-corrected chi connectivity index (χ2v) is 7.20. The summed E-state index contributed by atoms with van der Waals surface area (Å²) < 4.78 is 5.46. The van der Waals surface area contributed by atoms with Gasteiger partial charge < -0.3 is 9.64 Å². The fourth-order valence-corrected chi connectivity index (χ4v) is 4.37. The first-order chi connectivity index (χ1) is 11.2. The number of aryl methyl sites for hydroxylation is 1. The number of aromatic nitrogens is 1. The van der Waals surface area contributed by atoms with Crippen LogP contribution in [0, 0.1) is 6.92 Å². The quantitative estimate of drug-likeness (QED) is 0.841. The average molecular weight is 328 g/mol. The minimum atomic E-state index is 0.122. The Morgan fingerprint density at radius 1 is 1.30 bits per heavy atom. The zero-order valence-corrected chi connectivity index (χ0v) is 14.1. The Morgan fingerprint density at radius 2 is 2.17 bits per heavy atom. The Balaban J connectivity index is 1.62. The van der Waals surface area contributed by atoms with Crippen molar-refractivity contribution >= 4 is 17.2 Å². The van der Waals surface area contributed by atoms with Crippen LogP contribution in [0.2, 0.25) is 0 Å². The summed E-state index contributed by atoms with van der Waals surface area (Å²) in [5.74, 6) is 0.122. The zero-order valence-electron chi connectivity index (χ0n) is 13.2. The molecule has 0 saturated carbocycles. The molecule has 1 saturated heterocycles. The highest BCUT2D eigenvalue weighted by molar-refractivity contribution is 7.09. The number of piperidine rings is 1. The Hall–Kier alpha value is -1.72. The number of likely N-dealkylation sites (tertiary alicyclic amines) is 1. The molecule has 0 N–H and O–H groups in total. The first kappa shape index (κ1) is 14.8. The average Bonchev–Trinajstić information content (AvgIpc) is 3.22. The van der Waals surface area contributed by atoms with Crippen molar-refractivity contribution in [2.24, 2.45) is 0 Å². The van der Waals surface area contributed by atoms with Crippen molar-refractivity contribution in [3.05, 3.63) is 51.0 Å². The molecule has 5 heteroatoms. The van der Waals surface area contributed by atoms with Gasteiger partial charge in [-0.3, -0.25) is 4.79 Å². The van der Waals surface area contributed by atoms with Crippen LogP contribution >= 0.6 is 11.3 Å². The number of hydrogen-bond acceptors (Lipinski definition) is 4. The summed E-state index contributed by atoms with van der Waals surface area (Å²) in [6.45, 7) is 4.10. The van der Waals surface area contributed by atoms with E-state index in [9.17, 15) is 4.79 Å². The van der Waals surface area contributed by atoms with Crippen LogP contribution in [0.15, 0.2) is 23.6 Å². The van der Waals surface area contributed by atoms with Crippen molar-refractivity contribution in [1.82, 2.24) is 9.88 Å². The molecule has 1 aromatic carbocycles. The molecule has 0 radical (unpaired) electrons. The molecule has 2 aliphatic heterocycles. The molecule has 3 heterocycles. The highest BCUT2D eigenvalue weighted by Gasteiger charge is 2.31. The SMILES string of the molecule is Cc1csc([C@@H]2CCCCN2C(=O)c2ccc3c(c2)COC3)n1. The maximum atomic E-state index is 13.1. The molecule has 1 fully saturated rings. The van der Waals surface area contributed by atoms with E-state index >= 15 is 0 Å². The topological polar surface area (TPSA) is 42.4 Å². The summed E-state index contributed by atoms with van der Waals surface area (Å²) in [5, 5.41) is 3.14. The lowest BCUT2D eigenvalue weighted by molar-refractivity contribution is 0.0611. The minimum absolute atomic E-state index is 0.122. The molecule has 2 aromatic rings. The van der Waals surface area contributed by atoms with E-state index < -0.39 is 0 Å². The number of carbonyl (C=O) groups excluding carboxylic acids is 1. The van der Waals surface area contributed by atoms with Crippen LogP contribution in [-0.2, 0) is 18.0 Å². The third-order valence-electron chi connectivity index (χ3n) is 4.65. The summed E-state index contributed by atoms with van der Waals surface area (Å²) in [5.41, 5.74) is 4.16. The smallest absolute Gasteiger partial charge is 0.254 e. The third kappa shape index (κ3) is 2.79. The number of carbonyl (C=O) groups is 1. The van der Waals surface area contributed by atoms with Crippen molar-refractivity contribution in [2.75, 3.05) is 6.54 Å². The highest BCUT2D eigenvalue weighted by Crippen LogP contribution is 2.34. The van der Waals surface area contributed by atoms with E-state index in [2.05, 4.69) is 10.4 Å². The van der Waals surface area contributed by atoms with Gasteiger partial charge in [0, 0.05) is 23.2 Å². The van der Waals surface area contributed by atoms with Gasteiger partial charge in [-0.2, -0.15) is 0 Å². The van der Waals surface area contributed by atoms with Crippen LogP contribution in [0.25, 0.3) is 0 Å². The molecule has 4 nitrogen and oxygen atoms in total. The van der Waals surface area contributed by atoms with E-state index in [4.69, 9.17) is 4.74 Å². The Labute approximate surface area is 140 Å². The Kier molecular flexibility index (Phi) is 3.91. The van der Waals surface area contributed by atoms with Crippen molar-refractivity contribution in [2.45, 2.75) is 45.4 Å². The van der Waals surface area contributed by atoms with Gasteiger partial charge in [-0.05, 0) is 49.4 Å². The van der Waals surface area contributed by atoms with E-state index in [1.54, 1.807) is 11.3 Å². The molecule has 1 aromatic heterocycles. The lowest BCUT2D eigenvalue weighted by atomic mass is 10.00. The molecule has 120 valence electrons. The molecule has 1 amide bonds. The monoisotopic (exact) mass is 328 g/mol. The predicted molar refractivity (Wildman–Crippen MR) is 89.4 cm³/mol. The van der Waals surface area contributed by atoms with Gasteiger partial charge in [-0.1, -0.05) is 6.07 Å². The molecule has 0 bridgehead atoms. The first-order valence-corrected chi connectivity index (χ1v) is 9.03. The standard InChI is InChI=1S/C18H20N2O2S/c1-12-11-23-17(19-12)16-4-2-3-7-20(16)18(21)13-5-6-14-9-22-10-15(14)8-13/h5-6,8,11,16H,2-4,7,9-10H2,1H3/t16-/m0/s1. The number of ether oxygens (including phenoxy) is 1. The number of thiazole rings is 1. The van der Waals surface area contributed by atoms with Gasteiger partial charge in [-0.15, -0.1) is 11.3 Å². The van der Waals surface area contributed by atoms with E-state index in [1.807, 2.05) is 30.0 Å². The third-order valence-corrected chi connectivity index (χ3v) is 5.72. The van der Waals surface area contributed by atoms with Crippen LogP contribution in [0.1, 0.15) is 57.5 Å². The predicted octanol–water partition coefficient (Wildman–Crippen LogP) is 3.85.